The molecule has 1 rings (SSSR count). The highest BCUT2D eigenvalue weighted by Gasteiger charge is 2.38. The van der Waals surface area contributed by atoms with Gasteiger partial charge in [-0.25, -0.2) is 4.79 Å². The van der Waals surface area contributed by atoms with E-state index in [9.17, 15) is 14.7 Å². The maximum absolute atomic E-state index is 12.5. The minimum absolute atomic E-state index is 0.153. The summed E-state index contributed by atoms with van der Waals surface area (Å²) in [4.78, 5) is 23.7. The highest BCUT2D eigenvalue weighted by molar-refractivity contribution is 5.87. The molecule has 1 unspecified atom stereocenters. The first-order chi connectivity index (χ1) is 9.25. The van der Waals surface area contributed by atoms with Gasteiger partial charge in [0.05, 0.1) is 0 Å². The number of nitrogens with one attached hydrogen (secondary N) is 2. The van der Waals surface area contributed by atoms with Crippen molar-refractivity contribution in [3.05, 3.63) is 0 Å². The van der Waals surface area contributed by atoms with E-state index in [0.29, 0.717) is 6.42 Å². The van der Waals surface area contributed by atoms with Crippen LogP contribution in [0.3, 0.4) is 0 Å². The molecule has 0 saturated carbocycles. The molecule has 0 radical (unpaired) electrons. The molecule has 1 heterocycles. The van der Waals surface area contributed by atoms with Crippen LogP contribution >= 0.6 is 0 Å². The highest BCUT2D eigenvalue weighted by Crippen LogP contribution is 2.32. The second-order valence-corrected chi connectivity index (χ2v) is 6.76. The van der Waals surface area contributed by atoms with E-state index < -0.39 is 17.4 Å². The molecule has 1 aliphatic rings. The Morgan fingerprint density at radius 3 is 2.50 bits per heavy atom. The van der Waals surface area contributed by atoms with E-state index in [1.807, 2.05) is 27.7 Å². The lowest BCUT2D eigenvalue weighted by Crippen LogP contribution is -2.51. The summed E-state index contributed by atoms with van der Waals surface area (Å²) < 4.78 is 0. The fraction of sp³-hybridized carbons (Fsp3) is 0.867. The Bertz CT molecular complexity index is 347. The van der Waals surface area contributed by atoms with Crippen molar-refractivity contribution in [3.8, 4) is 0 Å². The average Bonchev–Trinajstić information content (AvgIpc) is 2.38. The summed E-state index contributed by atoms with van der Waals surface area (Å²) in [6.45, 7) is 9.56. The predicted molar refractivity (Wildman–Crippen MR) is 78.4 cm³/mol. The van der Waals surface area contributed by atoms with Crippen molar-refractivity contribution in [1.29, 1.82) is 0 Å². The van der Waals surface area contributed by atoms with Gasteiger partial charge in [-0.2, -0.15) is 0 Å². The van der Waals surface area contributed by atoms with Gasteiger partial charge in [0, 0.05) is 5.41 Å². The maximum Gasteiger partial charge on any atom is 0.326 e. The molecule has 116 valence electrons. The smallest absolute Gasteiger partial charge is 0.326 e. The number of hydrogen-bond acceptors (Lipinski definition) is 3. The van der Waals surface area contributed by atoms with E-state index in [4.69, 9.17) is 0 Å². The molecule has 5 nitrogen and oxygen atoms in total. The lowest BCUT2D eigenvalue weighted by atomic mass is 9.74. The first kappa shape index (κ1) is 17.0. The van der Waals surface area contributed by atoms with Gasteiger partial charge in [0.2, 0.25) is 5.91 Å². The molecule has 0 bridgehead atoms. The van der Waals surface area contributed by atoms with Gasteiger partial charge in [-0.15, -0.1) is 0 Å². The van der Waals surface area contributed by atoms with Crippen molar-refractivity contribution >= 4 is 11.9 Å². The van der Waals surface area contributed by atoms with Crippen LogP contribution in [0.25, 0.3) is 0 Å². The Labute approximate surface area is 121 Å². The number of rotatable bonds is 6. The molecule has 3 N–H and O–H groups in total. The third-order valence-corrected chi connectivity index (χ3v) is 4.21. The highest BCUT2D eigenvalue weighted by atomic mass is 16.4. The molecule has 5 heteroatoms. The second kappa shape index (κ2) is 7.07. The van der Waals surface area contributed by atoms with E-state index in [1.165, 1.54) is 0 Å². The van der Waals surface area contributed by atoms with E-state index in [-0.39, 0.29) is 17.7 Å². The zero-order chi connectivity index (χ0) is 15.3. The SMILES string of the molecule is CC(C)C[C@@H](NC(=O)C(C)(C)C1CCCNC1)C(=O)O. The van der Waals surface area contributed by atoms with Crippen LogP contribution in [0, 0.1) is 17.3 Å². The summed E-state index contributed by atoms with van der Waals surface area (Å²) in [5, 5.41) is 15.2. The molecule has 1 amide bonds. The molecule has 0 aliphatic carbocycles. The summed E-state index contributed by atoms with van der Waals surface area (Å²) in [6, 6.07) is -0.793. The van der Waals surface area contributed by atoms with Gasteiger partial charge in [0.1, 0.15) is 6.04 Å². The van der Waals surface area contributed by atoms with Crippen molar-refractivity contribution in [2.45, 2.75) is 53.0 Å². The lowest BCUT2D eigenvalue weighted by molar-refractivity contribution is -0.145. The molecule has 0 spiro atoms. The van der Waals surface area contributed by atoms with Gasteiger partial charge >= 0.3 is 5.97 Å². The van der Waals surface area contributed by atoms with Crippen LogP contribution in [0.1, 0.15) is 47.0 Å². The molecular weight excluding hydrogens is 256 g/mol. The zero-order valence-corrected chi connectivity index (χ0v) is 13.0. The molecule has 0 aromatic rings. The monoisotopic (exact) mass is 284 g/mol. The molecule has 0 aromatic carbocycles. The summed E-state index contributed by atoms with van der Waals surface area (Å²) in [5.74, 6) is -0.621. The molecule has 20 heavy (non-hydrogen) atoms. The summed E-state index contributed by atoms with van der Waals surface area (Å²) in [5.41, 5.74) is -0.544. The molecule has 1 fully saturated rings. The Morgan fingerprint density at radius 1 is 1.40 bits per heavy atom. The quantitative estimate of drug-likeness (QED) is 0.692. The molecule has 1 aliphatic heterocycles. The van der Waals surface area contributed by atoms with E-state index in [2.05, 4.69) is 10.6 Å². The van der Waals surface area contributed by atoms with Crippen LogP contribution in [0.15, 0.2) is 0 Å². The minimum Gasteiger partial charge on any atom is -0.480 e. The van der Waals surface area contributed by atoms with Crippen molar-refractivity contribution in [2.75, 3.05) is 13.1 Å². The first-order valence-corrected chi connectivity index (χ1v) is 7.49. The van der Waals surface area contributed by atoms with Crippen LogP contribution in [-0.2, 0) is 9.59 Å². The van der Waals surface area contributed by atoms with Gasteiger partial charge in [-0.3, -0.25) is 4.79 Å². The first-order valence-electron chi connectivity index (χ1n) is 7.49. The molecule has 0 aromatic heterocycles. The van der Waals surface area contributed by atoms with E-state index in [0.717, 1.165) is 25.9 Å². The van der Waals surface area contributed by atoms with Crippen LogP contribution in [-0.4, -0.2) is 36.1 Å². The van der Waals surface area contributed by atoms with Crippen molar-refractivity contribution in [3.63, 3.8) is 0 Å². The third-order valence-electron chi connectivity index (χ3n) is 4.21. The number of carboxylic acids is 1. The topological polar surface area (TPSA) is 78.4 Å². The Morgan fingerprint density at radius 2 is 2.05 bits per heavy atom. The van der Waals surface area contributed by atoms with E-state index in [1.54, 1.807) is 0 Å². The van der Waals surface area contributed by atoms with Gasteiger partial charge in [-0.1, -0.05) is 27.7 Å². The maximum atomic E-state index is 12.5. The Hall–Kier alpha value is -1.10. The summed E-state index contributed by atoms with van der Waals surface area (Å²) >= 11 is 0. The van der Waals surface area contributed by atoms with Gasteiger partial charge in [0.15, 0.2) is 0 Å². The number of amides is 1. The van der Waals surface area contributed by atoms with E-state index >= 15 is 0 Å². The number of carbonyl (C=O) groups excluding carboxylic acids is 1. The number of carbonyl (C=O) groups is 2. The normalized spacial score (nSPS) is 21.6. The number of carboxylic acid groups (broad SMARTS) is 1. The van der Waals surface area contributed by atoms with Crippen LogP contribution in [0.2, 0.25) is 0 Å². The van der Waals surface area contributed by atoms with Crippen molar-refractivity contribution in [2.24, 2.45) is 17.3 Å². The summed E-state index contributed by atoms with van der Waals surface area (Å²) in [7, 11) is 0. The van der Waals surface area contributed by atoms with Crippen LogP contribution in [0.4, 0.5) is 0 Å². The fourth-order valence-electron chi connectivity index (χ4n) is 2.69. The van der Waals surface area contributed by atoms with Gasteiger partial charge < -0.3 is 15.7 Å². The van der Waals surface area contributed by atoms with Crippen LogP contribution < -0.4 is 10.6 Å². The second-order valence-electron chi connectivity index (χ2n) is 6.76. The van der Waals surface area contributed by atoms with Crippen LogP contribution in [0.5, 0.6) is 0 Å². The van der Waals surface area contributed by atoms with Gasteiger partial charge in [-0.05, 0) is 44.2 Å². The largest absolute Gasteiger partial charge is 0.480 e. The Balaban J connectivity index is 2.68. The zero-order valence-electron chi connectivity index (χ0n) is 13.0. The number of hydrogen-bond donors (Lipinski definition) is 3. The fourth-order valence-corrected chi connectivity index (χ4v) is 2.69. The Kier molecular flexibility index (Phi) is 5.99. The number of piperidine rings is 1. The number of aliphatic carboxylic acids is 1. The molecular formula is C15H28N2O3. The molecule has 1 saturated heterocycles. The van der Waals surface area contributed by atoms with Crippen molar-refractivity contribution < 1.29 is 14.7 Å². The average molecular weight is 284 g/mol. The minimum atomic E-state index is -0.954. The standard InChI is InChI=1S/C15H28N2O3/c1-10(2)8-12(13(18)19)17-14(20)15(3,4)11-6-5-7-16-9-11/h10-12,16H,5-9H2,1-4H3,(H,17,20)(H,18,19)/t11?,12-/m1/s1. The third kappa shape index (κ3) is 4.47. The summed E-state index contributed by atoms with van der Waals surface area (Å²) in [6.07, 6.45) is 2.53. The van der Waals surface area contributed by atoms with Crippen molar-refractivity contribution in [1.82, 2.24) is 10.6 Å². The molecule has 2 atom stereocenters. The predicted octanol–water partition coefficient (Wildman–Crippen LogP) is 1.63. The van der Waals surface area contributed by atoms with Gasteiger partial charge in [0.25, 0.3) is 0 Å². The lowest BCUT2D eigenvalue weighted by Gasteiger charge is -2.36.